The van der Waals surface area contributed by atoms with Crippen molar-refractivity contribution in [3.05, 3.63) is 24.0 Å². The molecule has 4 nitrogen and oxygen atoms in total. The Labute approximate surface area is 96.3 Å². The molecule has 0 amide bonds. The van der Waals surface area contributed by atoms with Crippen LogP contribution < -0.4 is 10.2 Å². The molecule has 0 aliphatic carbocycles. The molecule has 2 rings (SSSR count). The van der Waals surface area contributed by atoms with E-state index >= 15 is 0 Å². The molecule has 16 heavy (non-hydrogen) atoms. The summed E-state index contributed by atoms with van der Waals surface area (Å²) in [5, 5.41) is 13.2. The molecule has 4 heteroatoms. The van der Waals surface area contributed by atoms with Crippen molar-refractivity contribution in [1.82, 2.24) is 10.3 Å². The van der Waals surface area contributed by atoms with E-state index in [9.17, 15) is 5.11 Å². The number of hydrogen-bond donors (Lipinski definition) is 2. The van der Waals surface area contributed by atoms with Crippen molar-refractivity contribution in [3.63, 3.8) is 0 Å². The van der Waals surface area contributed by atoms with E-state index in [4.69, 9.17) is 0 Å². The van der Waals surface area contributed by atoms with Gasteiger partial charge < -0.3 is 15.3 Å². The molecule has 0 radical (unpaired) electrons. The van der Waals surface area contributed by atoms with Crippen molar-refractivity contribution in [2.24, 2.45) is 0 Å². The maximum Gasteiger partial charge on any atom is 0.101 e. The van der Waals surface area contributed by atoms with Gasteiger partial charge >= 0.3 is 0 Å². The second-order valence-electron chi connectivity index (χ2n) is 4.70. The number of pyridine rings is 1. The van der Waals surface area contributed by atoms with Crippen LogP contribution in [0.15, 0.2) is 18.3 Å². The highest BCUT2D eigenvalue weighted by Gasteiger charge is 2.19. The number of aliphatic hydroxyl groups is 1. The molecule has 0 aromatic carbocycles. The third-order valence-corrected chi connectivity index (χ3v) is 2.85. The lowest BCUT2D eigenvalue weighted by Gasteiger charge is -2.30. The van der Waals surface area contributed by atoms with Crippen LogP contribution >= 0.6 is 0 Å². The van der Waals surface area contributed by atoms with E-state index in [1.807, 2.05) is 12.1 Å². The van der Waals surface area contributed by atoms with Gasteiger partial charge in [-0.2, -0.15) is 0 Å². The number of nitrogens with one attached hydrogen (secondary N) is 1. The summed E-state index contributed by atoms with van der Waals surface area (Å²) in [7, 11) is 0. The maximum absolute atomic E-state index is 9.92. The minimum Gasteiger partial charge on any atom is -0.384 e. The van der Waals surface area contributed by atoms with Gasteiger partial charge in [-0.1, -0.05) is 0 Å². The number of rotatable bonds is 2. The van der Waals surface area contributed by atoms with Gasteiger partial charge in [-0.15, -0.1) is 0 Å². The SMILES string of the molecule is CC(C)(O)c1cc(N2CCNCC2)ccn1. The minimum atomic E-state index is -0.871. The highest BCUT2D eigenvalue weighted by atomic mass is 16.3. The molecule has 0 spiro atoms. The van der Waals surface area contributed by atoms with Crippen LogP contribution in [0.3, 0.4) is 0 Å². The van der Waals surface area contributed by atoms with Gasteiger partial charge in [-0.3, -0.25) is 4.98 Å². The van der Waals surface area contributed by atoms with Crippen LogP contribution in [0, 0.1) is 0 Å². The zero-order chi connectivity index (χ0) is 11.6. The van der Waals surface area contributed by atoms with Crippen molar-refractivity contribution in [1.29, 1.82) is 0 Å². The Kier molecular flexibility index (Phi) is 3.12. The van der Waals surface area contributed by atoms with Crippen LogP contribution in [-0.2, 0) is 5.60 Å². The van der Waals surface area contributed by atoms with Crippen LogP contribution in [0.1, 0.15) is 19.5 Å². The van der Waals surface area contributed by atoms with E-state index in [1.165, 1.54) is 0 Å². The average Bonchev–Trinajstić information content (AvgIpc) is 2.29. The van der Waals surface area contributed by atoms with Crippen molar-refractivity contribution in [2.75, 3.05) is 31.1 Å². The summed E-state index contributed by atoms with van der Waals surface area (Å²) in [4.78, 5) is 6.53. The van der Waals surface area contributed by atoms with E-state index in [2.05, 4.69) is 15.2 Å². The lowest BCUT2D eigenvalue weighted by Crippen LogP contribution is -2.43. The summed E-state index contributed by atoms with van der Waals surface area (Å²) in [5.41, 5.74) is 1.00. The topological polar surface area (TPSA) is 48.4 Å². The minimum absolute atomic E-state index is 0.725. The highest BCUT2D eigenvalue weighted by Crippen LogP contribution is 2.22. The molecule has 1 fully saturated rings. The molecule has 1 aliphatic rings. The predicted octanol–water partition coefficient (Wildman–Crippen LogP) is 0.719. The first-order valence-corrected chi connectivity index (χ1v) is 5.72. The lowest BCUT2D eigenvalue weighted by molar-refractivity contribution is 0.0739. The van der Waals surface area contributed by atoms with Gasteiger partial charge in [0.25, 0.3) is 0 Å². The fourth-order valence-electron chi connectivity index (χ4n) is 1.87. The third-order valence-electron chi connectivity index (χ3n) is 2.85. The standard InChI is InChI=1S/C12H19N3O/c1-12(2,16)11-9-10(3-4-14-11)15-7-5-13-6-8-15/h3-4,9,13,16H,5-8H2,1-2H3. The fraction of sp³-hybridized carbons (Fsp3) is 0.583. The Bertz CT molecular complexity index is 354. The van der Waals surface area contributed by atoms with Crippen molar-refractivity contribution < 1.29 is 5.11 Å². The lowest BCUT2D eigenvalue weighted by atomic mass is 10.0. The Morgan fingerprint density at radius 1 is 1.38 bits per heavy atom. The van der Waals surface area contributed by atoms with E-state index in [0.29, 0.717) is 0 Å². The molecule has 1 aromatic rings. The molecule has 0 unspecified atom stereocenters. The average molecular weight is 221 g/mol. The molecule has 88 valence electrons. The molecular formula is C12H19N3O. The second-order valence-corrected chi connectivity index (χ2v) is 4.70. The van der Waals surface area contributed by atoms with Gasteiger partial charge in [0.1, 0.15) is 5.60 Å². The predicted molar refractivity (Wildman–Crippen MR) is 64.6 cm³/mol. The van der Waals surface area contributed by atoms with E-state index < -0.39 is 5.60 Å². The van der Waals surface area contributed by atoms with Crippen LogP contribution in [0.25, 0.3) is 0 Å². The summed E-state index contributed by atoms with van der Waals surface area (Å²) in [6.45, 7) is 7.57. The highest BCUT2D eigenvalue weighted by molar-refractivity contribution is 5.47. The van der Waals surface area contributed by atoms with Gasteiger partial charge in [0, 0.05) is 38.1 Å². The summed E-state index contributed by atoms with van der Waals surface area (Å²) >= 11 is 0. The first-order valence-electron chi connectivity index (χ1n) is 5.72. The molecule has 1 saturated heterocycles. The zero-order valence-corrected chi connectivity index (χ0v) is 9.90. The first-order chi connectivity index (χ1) is 7.57. The van der Waals surface area contributed by atoms with E-state index in [0.717, 1.165) is 37.6 Å². The van der Waals surface area contributed by atoms with Crippen LogP contribution in [0.2, 0.25) is 0 Å². The number of aromatic nitrogens is 1. The van der Waals surface area contributed by atoms with Gasteiger partial charge in [0.15, 0.2) is 0 Å². The molecule has 0 atom stereocenters. The number of nitrogens with zero attached hydrogens (tertiary/aromatic N) is 2. The largest absolute Gasteiger partial charge is 0.384 e. The smallest absolute Gasteiger partial charge is 0.101 e. The Morgan fingerprint density at radius 2 is 2.06 bits per heavy atom. The molecule has 0 saturated carbocycles. The quantitative estimate of drug-likeness (QED) is 0.772. The van der Waals surface area contributed by atoms with Crippen molar-refractivity contribution in [3.8, 4) is 0 Å². The van der Waals surface area contributed by atoms with E-state index in [1.54, 1.807) is 20.0 Å². The van der Waals surface area contributed by atoms with Crippen molar-refractivity contribution >= 4 is 5.69 Å². The summed E-state index contributed by atoms with van der Waals surface area (Å²) in [6, 6.07) is 3.98. The van der Waals surface area contributed by atoms with Crippen LogP contribution in [-0.4, -0.2) is 36.3 Å². The van der Waals surface area contributed by atoms with Gasteiger partial charge in [0.05, 0.1) is 5.69 Å². The van der Waals surface area contributed by atoms with Crippen LogP contribution in [0.4, 0.5) is 5.69 Å². The third kappa shape index (κ3) is 2.51. The van der Waals surface area contributed by atoms with Gasteiger partial charge in [0.2, 0.25) is 0 Å². The summed E-state index contributed by atoms with van der Waals surface area (Å²) in [6.07, 6.45) is 1.77. The first kappa shape index (κ1) is 11.4. The monoisotopic (exact) mass is 221 g/mol. The number of piperazine rings is 1. The van der Waals surface area contributed by atoms with Crippen molar-refractivity contribution in [2.45, 2.75) is 19.4 Å². The molecule has 2 heterocycles. The molecule has 0 bridgehead atoms. The second kappa shape index (κ2) is 4.39. The van der Waals surface area contributed by atoms with Gasteiger partial charge in [-0.25, -0.2) is 0 Å². The molecule has 2 N–H and O–H groups in total. The zero-order valence-electron chi connectivity index (χ0n) is 9.90. The Balaban J connectivity index is 2.21. The summed E-state index contributed by atoms with van der Waals surface area (Å²) < 4.78 is 0. The van der Waals surface area contributed by atoms with Gasteiger partial charge in [-0.05, 0) is 26.0 Å². The molecular weight excluding hydrogens is 202 g/mol. The Morgan fingerprint density at radius 3 is 2.69 bits per heavy atom. The Hall–Kier alpha value is -1.13. The summed E-state index contributed by atoms with van der Waals surface area (Å²) in [5.74, 6) is 0. The number of anilines is 1. The van der Waals surface area contributed by atoms with Crippen LogP contribution in [0.5, 0.6) is 0 Å². The molecule has 1 aromatic heterocycles. The maximum atomic E-state index is 9.92. The molecule has 1 aliphatic heterocycles. The fourth-order valence-corrected chi connectivity index (χ4v) is 1.87. The normalized spacial score (nSPS) is 17.6. The van der Waals surface area contributed by atoms with E-state index in [-0.39, 0.29) is 0 Å². The number of hydrogen-bond acceptors (Lipinski definition) is 4.